The molecule has 9 heteroatoms. The number of carbonyl (C=O) groups excluding carboxylic acids is 2. The largest absolute Gasteiger partial charge is 0.480 e. The van der Waals surface area contributed by atoms with Gasteiger partial charge in [-0.3, -0.25) is 4.79 Å². The Balaban J connectivity index is 1.65. The van der Waals surface area contributed by atoms with E-state index in [2.05, 4.69) is 10.6 Å². The number of hydrogen-bond acceptors (Lipinski definition) is 6. The maximum atomic E-state index is 12.6. The minimum atomic E-state index is -1.25. The number of rotatable bonds is 11. The van der Waals surface area contributed by atoms with Crippen molar-refractivity contribution < 1.29 is 29.3 Å². The summed E-state index contributed by atoms with van der Waals surface area (Å²) < 4.78 is 5.51. The maximum Gasteiger partial charge on any atom is 0.407 e. The lowest BCUT2D eigenvalue weighted by Crippen LogP contribution is -2.52. The molecule has 2 aromatic carbocycles. The number of carboxylic acid groups (broad SMARTS) is 1. The van der Waals surface area contributed by atoms with Gasteiger partial charge in [-0.25, -0.2) is 9.59 Å². The van der Waals surface area contributed by atoms with Crippen LogP contribution >= 0.6 is 11.8 Å². The van der Waals surface area contributed by atoms with Gasteiger partial charge in [0.05, 0.1) is 0 Å². The lowest BCUT2D eigenvalue weighted by atomic mass is 9.98. The highest BCUT2D eigenvalue weighted by molar-refractivity contribution is 7.98. The van der Waals surface area contributed by atoms with Gasteiger partial charge >= 0.3 is 12.1 Å². The van der Waals surface area contributed by atoms with Gasteiger partial charge in [-0.15, -0.1) is 0 Å². The fraction of sp³-hybridized carbons (Fsp3) is 0.375. The number of hydrogen-bond donors (Lipinski definition) is 4. The van der Waals surface area contributed by atoms with E-state index in [-0.39, 0.29) is 25.6 Å². The van der Waals surface area contributed by atoms with Crippen LogP contribution in [0.15, 0.2) is 48.5 Å². The molecular formula is C24H28N2O6S. The lowest BCUT2D eigenvalue weighted by Gasteiger charge is -2.21. The predicted molar refractivity (Wildman–Crippen MR) is 126 cm³/mol. The number of carbonyl (C=O) groups is 3. The van der Waals surface area contributed by atoms with E-state index in [0.717, 1.165) is 22.3 Å². The SMILES string of the molecule is CSCCC(NC(=O)OCC1c2ccccc2-c2ccccc21)C(=O)NC(CCO)C(=O)O. The number of carboxylic acids is 1. The average Bonchev–Trinajstić information content (AvgIpc) is 3.13. The summed E-state index contributed by atoms with van der Waals surface area (Å²) in [6.07, 6.45) is 1.31. The van der Waals surface area contributed by atoms with E-state index >= 15 is 0 Å². The maximum absolute atomic E-state index is 12.6. The smallest absolute Gasteiger partial charge is 0.407 e. The Morgan fingerprint density at radius 2 is 1.58 bits per heavy atom. The number of benzene rings is 2. The van der Waals surface area contributed by atoms with Crippen LogP contribution in [0.3, 0.4) is 0 Å². The Labute approximate surface area is 196 Å². The van der Waals surface area contributed by atoms with Gasteiger partial charge < -0.3 is 25.6 Å². The summed E-state index contributed by atoms with van der Waals surface area (Å²) in [7, 11) is 0. The van der Waals surface area contributed by atoms with Crippen LogP contribution in [-0.2, 0) is 14.3 Å². The molecule has 0 saturated heterocycles. The molecule has 1 aliphatic carbocycles. The minimum Gasteiger partial charge on any atom is -0.480 e. The van der Waals surface area contributed by atoms with E-state index in [4.69, 9.17) is 9.84 Å². The van der Waals surface area contributed by atoms with Gasteiger partial charge in [-0.1, -0.05) is 48.5 Å². The van der Waals surface area contributed by atoms with Crippen molar-refractivity contribution in [2.24, 2.45) is 0 Å². The molecule has 3 rings (SSSR count). The van der Waals surface area contributed by atoms with Crippen molar-refractivity contribution >= 4 is 29.7 Å². The molecule has 2 aromatic rings. The lowest BCUT2D eigenvalue weighted by molar-refractivity contribution is -0.142. The molecule has 0 heterocycles. The van der Waals surface area contributed by atoms with E-state index in [1.165, 1.54) is 11.8 Å². The molecule has 4 N–H and O–H groups in total. The van der Waals surface area contributed by atoms with Gasteiger partial charge in [0.2, 0.25) is 5.91 Å². The molecule has 1 aliphatic rings. The highest BCUT2D eigenvalue weighted by Gasteiger charge is 2.30. The average molecular weight is 473 g/mol. The summed E-state index contributed by atoms with van der Waals surface area (Å²) in [5.41, 5.74) is 4.39. The molecule has 0 bridgehead atoms. The normalized spacial score (nSPS) is 14.0. The van der Waals surface area contributed by atoms with Crippen LogP contribution in [0.2, 0.25) is 0 Å². The van der Waals surface area contributed by atoms with Crippen molar-refractivity contribution in [2.75, 3.05) is 25.2 Å². The molecule has 2 unspecified atom stereocenters. The summed E-state index contributed by atoms with van der Waals surface area (Å²) in [5, 5.41) is 23.2. The van der Waals surface area contributed by atoms with Gasteiger partial charge in [0.15, 0.2) is 0 Å². The number of thioether (sulfide) groups is 1. The summed E-state index contributed by atoms with van der Waals surface area (Å²) >= 11 is 1.50. The first kappa shape index (κ1) is 24.6. The first-order chi connectivity index (χ1) is 16.0. The van der Waals surface area contributed by atoms with Crippen molar-refractivity contribution in [3.63, 3.8) is 0 Å². The summed E-state index contributed by atoms with van der Waals surface area (Å²) in [4.78, 5) is 36.5. The number of ether oxygens (including phenoxy) is 1. The topological polar surface area (TPSA) is 125 Å². The highest BCUT2D eigenvalue weighted by Crippen LogP contribution is 2.44. The zero-order valence-corrected chi connectivity index (χ0v) is 19.1. The second-order valence-corrected chi connectivity index (χ2v) is 8.70. The highest BCUT2D eigenvalue weighted by atomic mass is 32.2. The van der Waals surface area contributed by atoms with Crippen LogP contribution in [0.1, 0.15) is 29.9 Å². The molecule has 0 fully saturated rings. The van der Waals surface area contributed by atoms with E-state index in [9.17, 15) is 19.5 Å². The molecule has 0 saturated carbocycles. The van der Waals surface area contributed by atoms with Gasteiger partial charge in [-0.05, 0) is 40.7 Å². The molecule has 0 radical (unpaired) electrons. The quantitative estimate of drug-likeness (QED) is 0.396. The molecule has 33 heavy (non-hydrogen) atoms. The van der Waals surface area contributed by atoms with Gasteiger partial charge in [0, 0.05) is 18.9 Å². The zero-order valence-electron chi connectivity index (χ0n) is 18.3. The number of amides is 2. The van der Waals surface area contributed by atoms with Crippen LogP contribution in [0, 0.1) is 0 Å². The Bertz CT molecular complexity index is 953. The number of alkyl carbamates (subject to hydrolysis) is 1. The number of aliphatic hydroxyl groups excluding tert-OH is 1. The molecule has 0 aromatic heterocycles. The van der Waals surface area contributed by atoms with Gasteiger partial charge in [0.1, 0.15) is 18.7 Å². The minimum absolute atomic E-state index is 0.109. The van der Waals surface area contributed by atoms with Crippen molar-refractivity contribution in [2.45, 2.75) is 30.8 Å². The molecule has 176 valence electrons. The molecule has 0 aliphatic heterocycles. The van der Waals surface area contributed by atoms with Crippen LogP contribution in [-0.4, -0.2) is 65.5 Å². The molecule has 0 spiro atoms. The van der Waals surface area contributed by atoms with Crippen molar-refractivity contribution in [3.8, 4) is 11.1 Å². The fourth-order valence-electron chi connectivity index (χ4n) is 3.95. The van der Waals surface area contributed by atoms with Crippen LogP contribution in [0.4, 0.5) is 4.79 Å². The van der Waals surface area contributed by atoms with Crippen molar-refractivity contribution in [1.82, 2.24) is 10.6 Å². The van der Waals surface area contributed by atoms with E-state index < -0.39 is 30.1 Å². The summed E-state index contributed by atoms with van der Waals surface area (Å²) in [6, 6.07) is 13.8. The van der Waals surface area contributed by atoms with Crippen LogP contribution in [0.5, 0.6) is 0 Å². The third-order valence-electron chi connectivity index (χ3n) is 5.60. The number of fused-ring (bicyclic) bond motifs is 3. The van der Waals surface area contributed by atoms with Crippen LogP contribution in [0.25, 0.3) is 11.1 Å². The number of nitrogens with one attached hydrogen (secondary N) is 2. The molecule has 2 amide bonds. The van der Waals surface area contributed by atoms with Crippen LogP contribution < -0.4 is 10.6 Å². The summed E-state index contributed by atoms with van der Waals surface area (Å²) in [6.45, 7) is -0.272. The van der Waals surface area contributed by atoms with Crippen molar-refractivity contribution in [1.29, 1.82) is 0 Å². The first-order valence-electron chi connectivity index (χ1n) is 10.7. The Morgan fingerprint density at radius 3 is 2.12 bits per heavy atom. The third-order valence-corrected chi connectivity index (χ3v) is 6.24. The Kier molecular flexibility index (Phi) is 8.73. The summed E-state index contributed by atoms with van der Waals surface area (Å²) in [5.74, 6) is -1.40. The molecular weight excluding hydrogens is 444 g/mol. The zero-order chi connectivity index (χ0) is 23.8. The van der Waals surface area contributed by atoms with Crippen molar-refractivity contribution in [3.05, 3.63) is 59.7 Å². The number of aliphatic hydroxyl groups is 1. The molecule has 8 nitrogen and oxygen atoms in total. The Morgan fingerprint density at radius 1 is 0.970 bits per heavy atom. The first-order valence-corrected chi connectivity index (χ1v) is 12.1. The standard InChI is InChI=1S/C24H28N2O6S/c1-33-13-11-20(22(28)25-21(10-12-27)23(29)30)26-24(31)32-14-19-17-8-4-2-6-15(17)16-7-3-5-9-18(16)19/h2-9,19-21,27H,10-14H2,1H3,(H,25,28)(H,26,31)(H,29,30). The number of aliphatic carboxylic acids is 1. The van der Waals surface area contributed by atoms with E-state index in [1.807, 2.05) is 54.8 Å². The Hall–Kier alpha value is -3.04. The third kappa shape index (κ3) is 6.06. The second kappa shape index (κ2) is 11.7. The van der Waals surface area contributed by atoms with E-state index in [1.54, 1.807) is 0 Å². The second-order valence-electron chi connectivity index (χ2n) is 7.72. The predicted octanol–water partition coefficient (Wildman–Crippen LogP) is 2.60. The molecule has 2 atom stereocenters. The van der Waals surface area contributed by atoms with Gasteiger partial charge in [0.25, 0.3) is 0 Å². The monoisotopic (exact) mass is 472 g/mol. The fourth-order valence-corrected chi connectivity index (χ4v) is 4.42. The van der Waals surface area contributed by atoms with Gasteiger partial charge in [-0.2, -0.15) is 11.8 Å². The van der Waals surface area contributed by atoms with E-state index in [0.29, 0.717) is 12.2 Å².